The maximum atomic E-state index is 10.5. The summed E-state index contributed by atoms with van der Waals surface area (Å²) in [6.45, 7) is 8.03. The Hall–Kier alpha value is -2.30. The van der Waals surface area contributed by atoms with E-state index in [1.54, 1.807) is 0 Å². The van der Waals surface area contributed by atoms with Crippen LogP contribution in [0.1, 0.15) is 57.9 Å². The van der Waals surface area contributed by atoms with Crippen LogP contribution in [0.4, 0.5) is 5.69 Å². The van der Waals surface area contributed by atoms with Crippen molar-refractivity contribution in [2.75, 3.05) is 24.5 Å². The summed E-state index contributed by atoms with van der Waals surface area (Å²) < 4.78 is 6.00. The second-order valence-electron chi connectivity index (χ2n) is 9.89. The number of aliphatic hydroxyl groups excluding tert-OH is 1. The van der Waals surface area contributed by atoms with Crippen molar-refractivity contribution in [2.45, 2.75) is 77.2 Å². The number of aliphatic hydroxyl groups is 1. The lowest BCUT2D eigenvalue weighted by Gasteiger charge is -2.44. The molecule has 2 fully saturated rings. The molecule has 0 aromatic heterocycles. The Morgan fingerprint density at radius 2 is 1.67 bits per heavy atom. The monoisotopic (exact) mass is 448 g/mol. The number of likely N-dealkylation sites (tertiary alicyclic amines) is 1. The number of rotatable bonds is 8. The zero-order chi connectivity index (χ0) is 23.0. The minimum absolute atomic E-state index is 0.138. The largest absolute Gasteiger partial charge is 0.489 e. The van der Waals surface area contributed by atoms with E-state index in [2.05, 4.69) is 66.1 Å². The van der Waals surface area contributed by atoms with Crippen molar-refractivity contribution >= 4 is 5.69 Å². The number of hydrogen-bond acceptors (Lipinski definition) is 4. The lowest BCUT2D eigenvalue weighted by Crippen LogP contribution is -2.52. The van der Waals surface area contributed by atoms with Gasteiger partial charge in [-0.15, -0.1) is 0 Å². The summed E-state index contributed by atoms with van der Waals surface area (Å²) >= 11 is 0. The summed E-state index contributed by atoms with van der Waals surface area (Å²) in [7, 11) is 0. The van der Waals surface area contributed by atoms with Gasteiger partial charge in [-0.05, 0) is 69.4 Å². The van der Waals surface area contributed by atoms with E-state index in [1.807, 2.05) is 18.2 Å². The predicted molar refractivity (Wildman–Crippen MR) is 137 cm³/mol. The first-order valence-electron chi connectivity index (χ1n) is 12.7. The topological polar surface area (TPSA) is 35.9 Å². The number of piperidine rings is 1. The number of anilines is 1. The maximum Gasteiger partial charge on any atom is 0.119 e. The van der Waals surface area contributed by atoms with E-state index in [4.69, 9.17) is 4.74 Å². The molecular weight excluding hydrogens is 408 g/mol. The molecule has 2 aromatic carbocycles. The van der Waals surface area contributed by atoms with Crippen molar-refractivity contribution in [1.29, 1.82) is 0 Å². The lowest BCUT2D eigenvalue weighted by atomic mass is 9.89. The highest BCUT2D eigenvalue weighted by atomic mass is 16.5. The van der Waals surface area contributed by atoms with Gasteiger partial charge in [0, 0.05) is 37.4 Å². The fourth-order valence-electron chi connectivity index (χ4n) is 5.27. The molecule has 0 unspecified atom stereocenters. The van der Waals surface area contributed by atoms with E-state index in [0.717, 1.165) is 51.1 Å². The van der Waals surface area contributed by atoms with Crippen molar-refractivity contribution < 1.29 is 9.84 Å². The highest BCUT2D eigenvalue weighted by molar-refractivity contribution is 5.51. The van der Waals surface area contributed by atoms with Crippen molar-refractivity contribution in [3.05, 3.63) is 71.8 Å². The number of benzene rings is 2. The number of ether oxygens (including phenoxy) is 1. The van der Waals surface area contributed by atoms with E-state index < -0.39 is 0 Å². The van der Waals surface area contributed by atoms with Crippen LogP contribution in [-0.2, 0) is 6.61 Å². The fourth-order valence-corrected chi connectivity index (χ4v) is 5.27. The average Bonchev–Trinajstić information content (AvgIpc) is 2.85. The maximum absolute atomic E-state index is 10.5. The zero-order valence-corrected chi connectivity index (χ0v) is 20.3. The Kier molecular flexibility index (Phi) is 8.46. The summed E-state index contributed by atoms with van der Waals surface area (Å²) in [4.78, 5) is 5.11. The molecule has 1 N–H and O–H groups in total. The Bertz CT molecular complexity index is 868. The van der Waals surface area contributed by atoms with Gasteiger partial charge in [-0.2, -0.15) is 0 Å². The molecule has 2 atom stereocenters. The molecule has 0 spiro atoms. The second-order valence-corrected chi connectivity index (χ2v) is 9.89. The molecule has 1 aliphatic heterocycles. The third kappa shape index (κ3) is 6.61. The first-order chi connectivity index (χ1) is 16.1. The first-order valence-corrected chi connectivity index (χ1v) is 12.7. The van der Waals surface area contributed by atoms with Crippen LogP contribution < -0.4 is 9.64 Å². The van der Waals surface area contributed by atoms with Crippen molar-refractivity contribution in [1.82, 2.24) is 4.90 Å². The number of hydrogen-bond donors (Lipinski definition) is 1. The third-order valence-electron chi connectivity index (χ3n) is 7.22. The van der Waals surface area contributed by atoms with Gasteiger partial charge in [-0.1, -0.05) is 54.8 Å². The van der Waals surface area contributed by atoms with Crippen LogP contribution in [0.2, 0.25) is 0 Å². The van der Waals surface area contributed by atoms with Crippen molar-refractivity contribution in [3.8, 4) is 5.75 Å². The minimum atomic E-state index is -0.138. The van der Waals surface area contributed by atoms with Crippen LogP contribution in [0.25, 0.3) is 0 Å². The van der Waals surface area contributed by atoms with E-state index >= 15 is 0 Å². The Balaban J connectivity index is 1.39. The summed E-state index contributed by atoms with van der Waals surface area (Å²) in [6, 6.07) is 19.8. The molecule has 4 nitrogen and oxygen atoms in total. The molecule has 33 heavy (non-hydrogen) atoms. The molecule has 1 heterocycles. The van der Waals surface area contributed by atoms with Crippen molar-refractivity contribution in [2.24, 2.45) is 0 Å². The Morgan fingerprint density at radius 1 is 0.970 bits per heavy atom. The standard InChI is InChI=1S/C29H40N2O2/c1-23(2)16-21-31(26-17-19-30(20-18-26)28-10-6-7-11-29(28)32)25-12-14-27(15-13-25)33-22-24-8-4-3-5-9-24/h3-5,8-9,12-16,26,28-29,32H,6-7,10-11,17-22H2,1-2H3/t28-,29-/m1/s1. The fraction of sp³-hybridized carbons (Fsp3) is 0.517. The highest BCUT2D eigenvalue weighted by Crippen LogP contribution is 2.30. The molecular formula is C29H40N2O2. The van der Waals surface area contributed by atoms with Crippen LogP contribution >= 0.6 is 0 Å². The summed E-state index contributed by atoms with van der Waals surface area (Å²) in [5.41, 5.74) is 3.79. The molecule has 4 heteroatoms. The SMILES string of the molecule is CC(C)=CCN(c1ccc(OCc2ccccc2)cc1)C1CCN([C@@H]2CCCC[C@H]2O)CC1. The van der Waals surface area contributed by atoms with Gasteiger partial charge in [0.15, 0.2) is 0 Å². The molecule has 0 amide bonds. The predicted octanol–water partition coefficient (Wildman–Crippen LogP) is 5.81. The van der Waals surface area contributed by atoms with E-state index in [9.17, 15) is 5.11 Å². The molecule has 4 rings (SSSR count). The van der Waals surface area contributed by atoms with Crippen LogP contribution in [-0.4, -0.2) is 47.8 Å². The number of allylic oxidation sites excluding steroid dienone is 1. The molecule has 1 aliphatic carbocycles. The molecule has 2 aromatic rings. The van der Waals surface area contributed by atoms with Crippen LogP contribution in [0.15, 0.2) is 66.2 Å². The summed E-state index contributed by atoms with van der Waals surface area (Å²) in [5.74, 6) is 0.908. The van der Waals surface area contributed by atoms with Crippen LogP contribution in [0.3, 0.4) is 0 Å². The number of nitrogens with zero attached hydrogens (tertiary/aromatic N) is 2. The first kappa shape index (κ1) is 23.8. The van der Waals surface area contributed by atoms with Gasteiger partial charge < -0.3 is 14.7 Å². The molecule has 1 saturated carbocycles. The molecule has 2 aliphatic rings. The Labute approximate surface area is 199 Å². The van der Waals surface area contributed by atoms with E-state index in [1.165, 1.54) is 29.7 Å². The quantitative estimate of drug-likeness (QED) is 0.517. The molecule has 1 saturated heterocycles. The van der Waals surface area contributed by atoms with Gasteiger partial charge in [0.05, 0.1) is 6.10 Å². The second kappa shape index (κ2) is 11.7. The van der Waals surface area contributed by atoms with Crippen LogP contribution in [0.5, 0.6) is 5.75 Å². The lowest BCUT2D eigenvalue weighted by molar-refractivity contribution is 0.00876. The average molecular weight is 449 g/mol. The van der Waals surface area contributed by atoms with Crippen molar-refractivity contribution in [3.63, 3.8) is 0 Å². The summed E-state index contributed by atoms with van der Waals surface area (Å²) in [6.07, 6.45) is 9.03. The van der Waals surface area contributed by atoms with Crippen LogP contribution in [0, 0.1) is 0 Å². The molecule has 0 bridgehead atoms. The van der Waals surface area contributed by atoms with Gasteiger partial charge in [0.25, 0.3) is 0 Å². The van der Waals surface area contributed by atoms with Gasteiger partial charge >= 0.3 is 0 Å². The highest BCUT2D eigenvalue weighted by Gasteiger charge is 2.32. The van der Waals surface area contributed by atoms with E-state index in [0.29, 0.717) is 18.7 Å². The zero-order valence-electron chi connectivity index (χ0n) is 20.3. The van der Waals surface area contributed by atoms with Gasteiger partial charge in [0.1, 0.15) is 12.4 Å². The van der Waals surface area contributed by atoms with Gasteiger partial charge in [0.2, 0.25) is 0 Å². The Morgan fingerprint density at radius 3 is 2.33 bits per heavy atom. The smallest absolute Gasteiger partial charge is 0.119 e. The van der Waals surface area contributed by atoms with Gasteiger partial charge in [-0.25, -0.2) is 0 Å². The van der Waals surface area contributed by atoms with Gasteiger partial charge in [-0.3, -0.25) is 4.90 Å². The molecule has 0 radical (unpaired) electrons. The molecule has 178 valence electrons. The summed E-state index contributed by atoms with van der Waals surface area (Å²) in [5, 5.41) is 10.5. The third-order valence-corrected chi connectivity index (χ3v) is 7.22. The minimum Gasteiger partial charge on any atom is -0.489 e. The van der Waals surface area contributed by atoms with E-state index in [-0.39, 0.29) is 6.10 Å². The normalized spacial score (nSPS) is 22.0.